The molecule has 1 saturated heterocycles. The zero-order valence-electron chi connectivity index (χ0n) is 13.3. The molecule has 20 heavy (non-hydrogen) atoms. The fourth-order valence-electron chi connectivity index (χ4n) is 2.74. The van der Waals surface area contributed by atoms with Crippen LogP contribution in [0.1, 0.15) is 33.3 Å². The highest BCUT2D eigenvalue weighted by atomic mass is 16.5. The van der Waals surface area contributed by atoms with Crippen molar-refractivity contribution < 1.29 is 4.74 Å². The summed E-state index contributed by atoms with van der Waals surface area (Å²) >= 11 is 0. The molecule has 2 rings (SSSR count). The molecule has 112 valence electrons. The summed E-state index contributed by atoms with van der Waals surface area (Å²) in [4.78, 5) is 2.50. The first kappa shape index (κ1) is 15.5. The van der Waals surface area contributed by atoms with Gasteiger partial charge >= 0.3 is 0 Å². The lowest BCUT2D eigenvalue weighted by atomic mass is 9.90. The fraction of sp³-hybridized carbons (Fsp3) is 0.647. The van der Waals surface area contributed by atoms with Crippen molar-refractivity contribution in [3.05, 3.63) is 35.9 Å². The Bertz CT molecular complexity index is 413. The zero-order valence-corrected chi connectivity index (χ0v) is 13.3. The Morgan fingerprint density at radius 3 is 2.60 bits per heavy atom. The van der Waals surface area contributed by atoms with E-state index in [0.29, 0.717) is 0 Å². The number of hydrogen-bond donors (Lipinski definition) is 1. The molecule has 0 radical (unpaired) electrons. The monoisotopic (exact) mass is 276 g/mol. The van der Waals surface area contributed by atoms with Crippen molar-refractivity contribution in [1.29, 1.82) is 0 Å². The molecule has 1 unspecified atom stereocenters. The van der Waals surface area contributed by atoms with Crippen molar-refractivity contribution in [2.75, 3.05) is 32.8 Å². The molecule has 1 aliphatic heterocycles. The number of nitrogens with one attached hydrogen (secondary N) is 1. The molecule has 0 aromatic heterocycles. The number of piperazine rings is 1. The fourth-order valence-corrected chi connectivity index (χ4v) is 2.74. The smallest absolute Gasteiger partial charge is 0.0600 e. The van der Waals surface area contributed by atoms with Gasteiger partial charge in [0, 0.05) is 26.2 Å². The Labute approximate surface area is 123 Å². The SMILES string of the molecule is CC(C)(C)OCCN1CCNC(C)(c2ccccc2)C1. The molecule has 0 aliphatic carbocycles. The van der Waals surface area contributed by atoms with Gasteiger partial charge in [-0.3, -0.25) is 4.90 Å². The van der Waals surface area contributed by atoms with E-state index in [1.165, 1.54) is 5.56 Å². The largest absolute Gasteiger partial charge is 0.375 e. The summed E-state index contributed by atoms with van der Waals surface area (Å²) in [6, 6.07) is 10.7. The third-order valence-corrected chi connectivity index (χ3v) is 3.84. The van der Waals surface area contributed by atoms with Crippen LogP contribution >= 0.6 is 0 Å². The second-order valence-corrected chi connectivity index (χ2v) is 6.86. The summed E-state index contributed by atoms with van der Waals surface area (Å²) in [5.41, 5.74) is 1.36. The molecule has 3 nitrogen and oxygen atoms in total. The lowest BCUT2D eigenvalue weighted by Gasteiger charge is -2.42. The van der Waals surface area contributed by atoms with Crippen LogP contribution in [0.3, 0.4) is 0 Å². The minimum absolute atomic E-state index is 0.0429. The van der Waals surface area contributed by atoms with Gasteiger partial charge in [-0.2, -0.15) is 0 Å². The molecule has 1 fully saturated rings. The molecular formula is C17H28N2O. The highest BCUT2D eigenvalue weighted by Gasteiger charge is 2.31. The minimum atomic E-state index is -0.0449. The van der Waals surface area contributed by atoms with Crippen LogP contribution in [0.4, 0.5) is 0 Å². The van der Waals surface area contributed by atoms with E-state index < -0.39 is 0 Å². The molecule has 0 saturated carbocycles. The third kappa shape index (κ3) is 4.30. The molecular weight excluding hydrogens is 248 g/mol. The molecule has 1 heterocycles. The van der Waals surface area contributed by atoms with Crippen molar-refractivity contribution in [3.8, 4) is 0 Å². The Kier molecular flexibility index (Phi) is 4.84. The minimum Gasteiger partial charge on any atom is -0.375 e. The topological polar surface area (TPSA) is 24.5 Å². The standard InChI is InChI=1S/C17H28N2O/c1-16(2,3)20-13-12-19-11-10-18-17(4,14-19)15-8-6-5-7-9-15/h5-9,18H,10-14H2,1-4H3. The second-order valence-electron chi connectivity index (χ2n) is 6.86. The van der Waals surface area contributed by atoms with Crippen LogP contribution in [-0.2, 0) is 10.3 Å². The van der Waals surface area contributed by atoms with Crippen LogP contribution in [-0.4, -0.2) is 43.3 Å². The van der Waals surface area contributed by atoms with E-state index in [9.17, 15) is 0 Å². The Morgan fingerprint density at radius 2 is 1.95 bits per heavy atom. The number of rotatable bonds is 4. The van der Waals surface area contributed by atoms with Crippen LogP contribution in [0.5, 0.6) is 0 Å². The first-order chi connectivity index (χ1) is 9.39. The summed E-state index contributed by atoms with van der Waals surface area (Å²) in [5, 5.41) is 3.67. The molecule has 0 amide bonds. The Hall–Kier alpha value is -0.900. The quantitative estimate of drug-likeness (QED) is 0.915. The van der Waals surface area contributed by atoms with E-state index in [0.717, 1.165) is 32.8 Å². The molecule has 1 aromatic rings. The number of benzene rings is 1. The summed E-state index contributed by atoms with van der Waals surface area (Å²) in [7, 11) is 0. The van der Waals surface area contributed by atoms with Crippen molar-refractivity contribution in [1.82, 2.24) is 10.2 Å². The summed E-state index contributed by atoms with van der Waals surface area (Å²) < 4.78 is 5.84. The third-order valence-electron chi connectivity index (χ3n) is 3.84. The number of nitrogens with zero attached hydrogens (tertiary/aromatic N) is 1. The lowest BCUT2D eigenvalue weighted by molar-refractivity contribution is -0.0185. The van der Waals surface area contributed by atoms with Crippen LogP contribution in [0.15, 0.2) is 30.3 Å². The van der Waals surface area contributed by atoms with Crippen molar-refractivity contribution in [2.45, 2.75) is 38.8 Å². The average Bonchev–Trinajstić information content (AvgIpc) is 2.38. The molecule has 1 aliphatic rings. The van der Waals surface area contributed by atoms with Gasteiger partial charge in [0.15, 0.2) is 0 Å². The van der Waals surface area contributed by atoms with E-state index in [-0.39, 0.29) is 11.1 Å². The first-order valence-electron chi connectivity index (χ1n) is 7.56. The van der Waals surface area contributed by atoms with Gasteiger partial charge in [0.2, 0.25) is 0 Å². The predicted octanol–water partition coefficient (Wildman–Crippen LogP) is 2.62. The van der Waals surface area contributed by atoms with E-state index in [2.05, 4.69) is 68.2 Å². The van der Waals surface area contributed by atoms with Crippen molar-refractivity contribution in [2.24, 2.45) is 0 Å². The van der Waals surface area contributed by atoms with Gasteiger partial charge in [-0.15, -0.1) is 0 Å². The van der Waals surface area contributed by atoms with E-state index >= 15 is 0 Å². The normalized spacial score (nSPS) is 24.8. The Balaban J connectivity index is 1.91. The van der Waals surface area contributed by atoms with Gasteiger partial charge < -0.3 is 10.1 Å². The molecule has 0 bridgehead atoms. The Morgan fingerprint density at radius 1 is 1.25 bits per heavy atom. The highest BCUT2D eigenvalue weighted by Crippen LogP contribution is 2.24. The lowest BCUT2D eigenvalue weighted by Crippen LogP contribution is -2.57. The van der Waals surface area contributed by atoms with Crippen LogP contribution in [0.2, 0.25) is 0 Å². The van der Waals surface area contributed by atoms with E-state index in [1.54, 1.807) is 0 Å². The number of ether oxygens (including phenoxy) is 1. The van der Waals surface area contributed by atoms with Gasteiger partial charge in [-0.05, 0) is 33.3 Å². The van der Waals surface area contributed by atoms with Crippen LogP contribution in [0.25, 0.3) is 0 Å². The average molecular weight is 276 g/mol. The highest BCUT2D eigenvalue weighted by molar-refractivity contribution is 5.24. The second kappa shape index (κ2) is 6.25. The van der Waals surface area contributed by atoms with Gasteiger partial charge in [0.1, 0.15) is 0 Å². The van der Waals surface area contributed by atoms with Crippen molar-refractivity contribution in [3.63, 3.8) is 0 Å². The first-order valence-corrected chi connectivity index (χ1v) is 7.56. The summed E-state index contributed by atoms with van der Waals surface area (Å²) in [5.74, 6) is 0. The van der Waals surface area contributed by atoms with Gasteiger partial charge in [-0.1, -0.05) is 30.3 Å². The van der Waals surface area contributed by atoms with Gasteiger partial charge in [0.05, 0.1) is 17.7 Å². The maximum absolute atomic E-state index is 5.84. The molecule has 1 N–H and O–H groups in total. The maximum atomic E-state index is 5.84. The molecule has 0 spiro atoms. The van der Waals surface area contributed by atoms with Crippen molar-refractivity contribution >= 4 is 0 Å². The van der Waals surface area contributed by atoms with E-state index in [4.69, 9.17) is 4.74 Å². The molecule has 1 atom stereocenters. The molecule has 3 heteroatoms. The summed E-state index contributed by atoms with van der Waals surface area (Å²) in [6.45, 7) is 13.6. The maximum Gasteiger partial charge on any atom is 0.0600 e. The molecule has 1 aromatic carbocycles. The zero-order chi connectivity index (χ0) is 14.6. The van der Waals surface area contributed by atoms with Crippen LogP contribution < -0.4 is 5.32 Å². The number of hydrogen-bond acceptors (Lipinski definition) is 3. The van der Waals surface area contributed by atoms with Gasteiger partial charge in [-0.25, -0.2) is 0 Å². The van der Waals surface area contributed by atoms with Gasteiger partial charge in [0.25, 0.3) is 0 Å². The van der Waals surface area contributed by atoms with Crippen LogP contribution in [0, 0.1) is 0 Å². The van der Waals surface area contributed by atoms with E-state index in [1.807, 2.05) is 0 Å². The predicted molar refractivity (Wildman–Crippen MR) is 83.9 cm³/mol. The summed E-state index contributed by atoms with van der Waals surface area (Å²) in [6.07, 6.45) is 0.